The van der Waals surface area contributed by atoms with Gasteiger partial charge in [0.1, 0.15) is 16.4 Å². The Kier molecular flexibility index (Phi) is 9.59. The first kappa shape index (κ1) is 35.1. The summed E-state index contributed by atoms with van der Waals surface area (Å²) >= 11 is 0.533. The van der Waals surface area contributed by atoms with Gasteiger partial charge < -0.3 is 25.4 Å². The molecule has 1 atom stereocenters. The highest BCUT2D eigenvalue weighted by atomic mass is 32.1. The maximum absolute atomic E-state index is 13.8. The van der Waals surface area contributed by atoms with E-state index in [1.54, 1.807) is 6.07 Å². The Bertz CT molecular complexity index is 1980. The number of carbonyl (C=O) groups is 4. The fraction of sp³-hybridized carbons (Fsp3) is 0.250. The van der Waals surface area contributed by atoms with Gasteiger partial charge in [-0.1, -0.05) is 12.1 Å². The minimum Gasteiger partial charge on any atom is -0.496 e. The second-order valence-electron chi connectivity index (χ2n) is 11.0. The van der Waals surface area contributed by atoms with Crippen molar-refractivity contribution >= 4 is 56.5 Å². The Morgan fingerprint density at radius 2 is 1.65 bits per heavy atom. The molecule has 1 fully saturated rings. The van der Waals surface area contributed by atoms with Crippen molar-refractivity contribution in [3.8, 4) is 5.75 Å². The van der Waals surface area contributed by atoms with Crippen LogP contribution in [-0.4, -0.2) is 53.9 Å². The van der Waals surface area contributed by atoms with E-state index in [2.05, 4.69) is 10.6 Å². The van der Waals surface area contributed by atoms with Crippen LogP contribution >= 0.6 is 11.3 Å². The minimum absolute atomic E-state index is 0.0109. The highest BCUT2D eigenvalue weighted by Gasteiger charge is 2.35. The van der Waals surface area contributed by atoms with Crippen LogP contribution in [0.1, 0.15) is 55.5 Å². The highest BCUT2D eigenvalue weighted by Crippen LogP contribution is 2.41. The Hall–Kier alpha value is -5.19. The maximum atomic E-state index is 13.8. The molecule has 3 aromatic carbocycles. The fourth-order valence-corrected chi connectivity index (χ4v) is 6.56. The number of carboxylic acid groups (broad SMARTS) is 1. The number of nitrogens with one attached hydrogen (secondary N) is 2. The normalized spacial score (nSPS) is 15.2. The summed E-state index contributed by atoms with van der Waals surface area (Å²) < 4.78 is 99.5. The van der Waals surface area contributed by atoms with Crippen LogP contribution in [0, 0.1) is 5.82 Å². The summed E-state index contributed by atoms with van der Waals surface area (Å²) in [7, 11) is 1.27. The SMILES string of the molecule is COc1ccc(C2CCCN(C(=O)C(=O)O)C2)cc1C(=O)Nc1c(C(=O)Nc2ccc(F)c(C(F)(F)F)c2)sc2cc(C(F)(F)F)ccc12. The van der Waals surface area contributed by atoms with Crippen LogP contribution < -0.4 is 15.4 Å². The predicted octanol–water partition coefficient (Wildman–Crippen LogP) is 7.38. The average molecular weight is 712 g/mol. The smallest absolute Gasteiger partial charge is 0.419 e. The van der Waals surface area contributed by atoms with Crippen LogP contribution in [0.2, 0.25) is 0 Å². The Balaban J connectivity index is 1.52. The molecule has 3 N–H and O–H groups in total. The number of methoxy groups -OCH3 is 1. The van der Waals surface area contributed by atoms with Gasteiger partial charge in [0, 0.05) is 34.8 Å². The van der Waals surface area contributed by atoms with Gasteiger partial charge in [-0.05, 0) is 60.9 Å². The number of hydrogen-bond donors (Lipinski definition) is 3. The number of benzene rings is 3. The lowest BCUT2D eigenvalue weighted by Gasteiger charge is -2.32. The summed E-state index contributed by atoms with van der Waals surface area (Å²) in [4.78, 5) is 51.3. The third-order valence-electron chi connectivity index (χ3n) is 7.82. The molecule has 17 heteroatoms. The number of halogens is 7. The molecule has 3 amide bonds. The second-order valence-corrected chi connectivity index (χ2v) is 12.0. The van der Waals surface area contributed by atoms with Gasteiger partial charge in [0.2, 0.25) is 0 Å². The van der Waals surface area contributed by atoms with Crippen molar-refractivity contribution in [2.24, 2.45) is 0 Å². The van der Waals surface area contributed by atoms with E-state index in [1.165, 1.54) is 24.1 Å². The van der Waals surface area contributed by atoms with E-state index < -0.39 is 58.7 Å². The molecular formula is C32H24F7N3O6S. The van der Waals surface area contributed by atoms with E-state index in [0.29, 0.717) is 41.9 Å². The molecule has 0 radical (unpaired) electrons. The Morgan fingerprint density at radius 3 is 2.31 bits per heavy atom. The maximum Gasteiger partial charge on any atom is 0.419 e. The third kappa shape index (κ3) is 7.45. The van der Waals surface area contributed by atoms with Gasteiger partial charge in [0.05, 0.1) is 29.5 Å². The number of likely N-dealkylation sites (tertiary alicyclic amines) is 1. The van der Waals surface area contributed by atoms with E-state index in [0.717, 1.165) is 24.3 Å². The number of piperidine rings is 1. The first-order valence-corrected chi connectivity index (χ1v) is 15.1. The second kappa shape index (κ2) is 13.4. The molecule has 4 aromatic rings. The van der Waals surface area contributed by atoms with Crippen molar-refractivity contribution in [1.82, 2.24) is 4.90 Å². The summed E-state index contributed by atoms with van der Waals surface area (Å²) in [6.45, 7) is 0.283. The molecular weight excluding hydrogens is 687 g/mol. The van der Waals surface area contributed by atoms with E-state index in [9.17, 15) is 49.9 Å². The van der Waals surface area contributed by atoms with Gasteiger partial charge in [-0.15, -0.1) is 11.3 Å². The summed E-state index contributed by atoms with van der Waals surface area (Å²) in [6.07, 6.45) is -8.82. The van der Waals surface area contributed by atoms with Gasteiger partial charge >= 0.3 is 24.2 Å². The quantitative estimate of drug-likeness (QED) is 0.142. The molecule has 0 spiro atoms. The largest absolute Gasteiger partial charge is 0.496 e. The molecule has 5 rings (SSSR count). The lowest BCUT2D eigenvalue weighted by atomic mass is 9.89. The topological polar surface area (TPSA) is 125 Å². The van der Waals surface area contributed by atoms with Gasteiger partial charge in [-0.3, -0.25) is 14.4 Å². The van der Waals surface area contributed by atoms with Crippen molar-refractivity contribution in [2.75, 3.05) is 30.8 Å². The molecule has 9 nitrogen and oxygen atoms in total. The Morgan fingerprint density at radius 1 is 0.918 bits per heavy atom. The number of amides is 3. The lowest BCUT2D eigenvalue weighted by Crippen LogP contribution is -2.42. The van der Waals surface area contributed by atoms with Crippen molar-refractivity contribution in [2.45, 2.75) is 31.1 Å². The number of alkyl halides is 6. The number of rotatable bonds is 6. The number of carbonyl (C=O) groups excluding carboxylic acids is 3. The third-order valence-corrected chi connectivity index (χ3v) is 8.97. The number of anilines is 2. The van der Waals surface area contributed by atoms with Crippen molar-refractivity contribution in [3.05, 3.63) is 87.5 Å². The van der Waals surface area contributed by atoms with Crippen LogP contribution in [0.25, 0.3) is 10.1 Å². The summed E-state index contributed by atoms with van der Waals surface area (Å²) in [5.41, 5.74) is -2.97. The fourth-order valence-electron chi connectivity index (χ4n) is 5.47. The van der Waals surface area contributed by atoms with Gasteiger partial charge in [0.15, 0.2) is 0 Å². The first-order chi connectivity index (χ1) is 23.0. The zero-order valence-electron chi connectivity index (χ0n) is 25.1. The minimum atomic E-state index is -5.09. The van der Waals surface area contributed by atoms with Crippen LogP contribution in [-0.2, 0) is 21.9 Å². The molecule has 258 valence electrons. The van der Waals surface area contributed by atoms with Crippen LogP contribution in [0.15, 0.2) is 54.6 Å². The molecule has 1 aliphatic rings. The van der Waals surface area contributed by atoms with E-state index in [4.69, 9.17) is 9.84 Å². The number of ether oxygens (including phenoxy) is 1. The van der Waals surface area contributed by atoms with Gasteiger partial charge in [-0.2, -0.15) is 26.3 Å². The van der Waals surface area contributed by atoms with Gasteiger partial charge in [-0.25, -0.2) is 9.18 Å². The average Bonchev–Trinajstić information content (AvgIpc) is 3.41. The van der Waals surface area contributed by atoms with E-state index in [-0.39, 0.29) is 51.0 Å². The first-order valence-electron chi connectivity index (χ1n) is 14.3. The van der Waals surface area contributed by atoms with Crippen LogP contribution in [0.3, 0.4) is 0 Å². The van der Waals surface area contributed by atoms with Crippen molar-refractivity contribution < 1.29 is 59.8 Å². The molecule has 49 heavy (non-hydrogen) atoms. The number of thiophene rings is 1. The Labute approximate surface area is 276 Å². The predicted molar refractivity (Wildman–Crippen MR) is 163 cm³/mol. The molecule has 0 aliphatic carbocycles. The van der Waals surface area contributed by atoms with Crippen LogP contribution in [0.4, 0.5) is 42.1 Å². The molecule has 2 heterocycles. The van der Waals surface area contributed by atoms with E-state index in [1.807, 2.05) is 0 Å². The molecule has 1 aliphatic heterocycles. The lowest BCUT2D eigenvalue weighted by molar-refractivity contribution is -0.156. The van der Waals surface area contributed by atoms with Gasteiger partial charge in [0.25, 0.3) is 11.8 Å². The molecule has 1 aromatic heterocycles. The molecule has 0 bridgehead atoms. The monoisotopic (exact) mass is 711 g/mol. The van der Waals surface area contributed by atoms with Crippen molar-refractivity contribution in [1.29, 1.82) is 0 Å². The highest BCUT2D eigenvalue weighted by molar-refractivity contribution is 7.21. The number of nitrogens with zero attached hydrogens (tertiary/aromatic N) is 1. The van der Waals surface area contributed by atoms with Crippen LogP contribution in [0.5, 0.6) is 5.75 Å². The summed E-state index contributed by atoms with van der Waals surface area (Å²) in [6, 6.07) is 8.76. The molecule has 0 saturated carbocycles. The van der Waals surface area contributed by atoms with E-state index >= 15 is 0 Å². The molecule has 1 unspecified atom stereocenters. The number of aliphatic carboxylic acids is 1. The number of hydrogen-bond acceptors (Lipinski definition) is 6. The van der Waals surface area contributed by atoms with Crippen molar-refractivity contribution in [3.63, 3.8) is 0 Å². The number of carboxylic acids is 1. The summed E-state index contributed by atoms with van der Waals surface area (Å²) in [5.74, 6) is -6.55. The summed E-state index contributed by atoms with van der Waals surface area (Å²) in [5, 5.41) is 13.9. The molecule has 1 saturated heterocycles. The zero-order chi connectivity index (χ0) is 35.8. The standard InChI is InChI=1S/C32H24F7N3O6S/c1-48-23-9-4-15(16-3-2-10-42(14-16)29(45)30(46)47)11-20(23)27(43)41-25-19-7-5-17(31(34,35)36)12-24(19)49-26(25)28(44)40-18-6-8-22(33)21(13-18)32(37,38)39/h4-9,11-13,16H,2-3,10,14H2,1H3,(H,40,44)(H,41,43)(H,46,47). The zero-order valence-corrected chi connectivity index (χ0v) is 25.9. The number of fused-ring (bicyclic) bond motifs is 1.